The van der Waals surface area contributed by atoms with Gasteiger partial charge in [-0.3, -0.25) is 9.59 Å². The molecule has 146 valence electrons. The van der Waals surface area contributed by atoms with E-state index in [-0.39, 0.29) is 11.8 Å². The summed E-state index contributed by atoms with van der Waals surface area (Å²) in [5, 5.41) is 2.97. The maximum absolute atomic E-state index is 12.7. The zero-order chi connectivity index (χ0) is 19.3. The number of nitrogens with one attached hydrogen (secondary N) is 1. The molecule has 2 aliphatic rings. The Kier molecular flexibility index (Phi) is 5.46. The predicted octanol–water partition coefficient (Wildman–Crippen LogP) is 2.31. The summed E-state index contributed by atoms with van der Waals surface area (Å²) in [7, 11) is 0. The zero-order valence-corrected chi connectivity index (χ0v) is 15.7. The Balaban J connectivity index is 1.35. The van der Waals surface area contributed by atoms with Gasteiger partial charge in [-0.15, -0.1) is 0 Å². The largest absolute Gasteiger partial charge is 0.486 e. The third kappa shape index (κ3) is 4.11. The van der Waals surface area contributed by atoms with Crippen molar-refractivity contribution in [3.05, 3.63) is 59.7 Å². The average molecular weight is 380 g/mol. The van der Waals surface area contributed by atoms with E-state index in [1.807, 2.05) is 48.5 Å². The molecule has 1 saturated heterocycles. The van der Waals surface area contributed by atoms with Gasteiger partial charge >= 0.3 is 0 Å². The first kappa shape index (κ1) is 18.3. The Morgan fingerprint density at radius 1 is 1.00 bits per heavy atom. The van der Waals surface area contributed by atoms with Crippen LogP contribution in [0.25, 0.3) is 0 Å². The molecule has 2 aromatic rings. The van der Waals surface area contributed by atoms with Crippen molar-refractivity contribution < 1.29 is 19.1 Å². The van der Waals surface area contributed by atoms with E-state index in [4.69, 9.17) is 9.47 Å². The molecule has 4 rings (SSSR count). The van der Waals surface area contributed by atoms with Crippen molar-refractivity contribution in [1.29, 1.82) is 0 Å². The van der Waals surface area contributed by atoms with E-state index in [0.717, 1.165) is 23.3 Å². The lowest BCUT2D eigenvalue weighted by molar-refractivity contribution is -0.138. The summed E-state index contributed by atoms with van der Waals surface area (Å²) < 4.78 is 11.1. The number of ether oxygens (including phenoxy) is 2. The fourth-order valence-corrected chi connectivity index (χ4v) is 3.71. The lowest BCUT2D eigenvalue weighted by Gasteiger charge is -2.24. The van der Waals surface area contributed by atoms with Crippen molar-refractivity contribution in [3.8, 4) is 11.5 Å². The number of carbonyl (C=O) groups excluding carboxylic acids is 2. The normalized spacial score (nSPS) is 18.0. The maximum Gasteiger partial charge on any atom is 0.243 e. The zero-order valence-electron chi connectivity index (χ0n) is 15.7. The number of amides is 2. The number of hydrogen-bond acceptors (Lipinski definition) is 4. The molecule has 0 spiro atoms. The second-order valence-corrected chi connectivity index (χ2v) is 7.10. The van der Waals surface area contributed by atoms with Crippen LogP contribution in [-0.2, 0) is 22.6 Å². The van der Waals surface area contributed by atoms with Crippen LogP contribution in [0.4, 0.5) is 0 Å². The fourth-order valence-electron chi connectivity index (χ4n) is 3.71. The van der Waals surface area contributed by atoms with Gasteiger partial charge < -0.3 is 19.7 Å². The molecular formula is C22H24N2O4. The Labute approximate surface area is 164 Å². The van der Waals surface area contributed by atoms with Crippen LogP contribution < -0.4 is 14.8 Å². The lowest BCUT2D eigenvalue weighted by atomic mass is 10.1. The third-order valence-electron chi connectivity index (χ3n) is 5.15. The SMILES string of the molecule is O=C(NCc1ccc2c(c1)OCCO2)C1CCCN1C(=O)Cc1ccccc1. The average Bonchev–Trinajstić information content (AvgIpc) is 3.23. The van der Waals surface area contributed by atoms with Gasteiger partial charge in [0, 0.05) is 13.1 Å². The highest BCUT2D eigenvalue weighted by molar-refractivity contribution is 5.89. The van der Waals surface area contributed by atoms with Gasteiger partial charge in [0.05, 0.1) is 6.42 Å². The van der Waals surface area contributed by atoms with E-state index in [0.29, 0.717) is 44.9 Å². The second kappa shape index (κ2) is 8.33. The van der Waals surface area contributed by atoms with E-state index in [9.17, 15) is 9.59 Å². The number of carbonyl (C=O) groups is 2. The minimum absolute atomic E-state index is 0.00294. The molecule has 6 nitrogen and oxygen atoms in total. The summed E-state index contributed by atoms with van der Waals surface area (Å²) in [6.07, 6.45) is 1.88. The third-order valence-corrected chi connectivity index (χ3v) is 5.15. The highest BCUT2D eigenvalue weighted by Gasteiger charge is 2.33. The van der Waals surface area contributed by atoms with Crippen molar-refractivity contribution >= 4 is 11.8 Å². The summed E-state index contributed by atoms with van der Waals surface area (Å²) in [4.78, 5) is 27.1. The first-order valence-corrected chi connectivity index (χ1v) is 9.70. The van der Waals surface area contributed by atoms with Crippen molar-refractivity contribution in [2.45, 2.75) is 31.8 Å². The van der Waals surface area contributed by atoms with Gasteiger partial charge in [-0.1, -0.05) is 36.4 Å². The summed E-state index contributed by atoms with van der Waals surface area (Å²) in [6.45, 7) is 2.11. The van der Waals surface area contributed by atoms with Crippen molar-refractivity contribution in [2.24, 2.45) is 0 Å². The van der Waals surface area contributed by atoms with Gasteiger partial charge in [0.25, 0.3) is 0 Å². The molecule has 0 aromatic heterocycles. The summed E-state index contributed by atoms with van der Waals surface area (Å²) in [5.74, 6) is 1.34. The van der Waals surface area contributed by atoms with Crippen LogP contribution in [0.15, 0.2) is 48.5 Å². The minimum atomic E-state index is -0.395. The Hall–Kier alpha value is -3.02. The molecule has 1 unspecified atom stereocenters. The molecule has 6 heteroatoms. The molecule has 0 radical (unpaired) electrons. The first-order chi connectivity index (χ1) is 13.7. The minimum Gasteiger partial charge on any atom is -0.486 e. The van der Waals surface area contributed by atoms with Gasteiger partial charge in [0.15, 0.2) is 11.5 Å². The smallest absolute Gasteiger partial charge is 0.243 e. The van der Waals surface area contributed by atoms with Crippen molar-refractivity contribution in [1.82, 2.24) is 10.2 Å². The Morgan fingerprint density at radius 2 is 1.79 bits per heavy atom. The number of likely N-dealkylation sites (tertiary alicyclic amines) is 1. The van der Waals surface area contributed by atoms with E-state index >= 15 is 0 Å². The van der Waals surface area contributed by atoms with Gasteiger partial charge in [0.2, 0.25) is 11.8 Å². The standard InChI is InChI=1S/C22H24N2O4/c25-21(14-16-5-2-1-3-6-16)24-10-4-7-18(24)22(26)23-15-17-8-9-19-20(13-17)28-12-11-27-19/h1-3,5-6,8-9,13,18H,4,7,10-12,14-15H2,(H,23,26). The van der Waals surface area contributed by atoms with E-state index in [2.05, 4.69) is 5.32 Å². The molecule has 2 aliphatic heterocycles. The molecular weight excluding hydrogens is 356 g/mol. The summed E-state index contributed by atoms with van der Waals surface area (Å²) in [5.41, 5.74) is 1.91. The molecule has 1 fully saturated rings. The van der Waals surface area contributed by atoms with Crippen LogP contribution in [0.2, 0.25) is 0 Å². The number of nitrogens with zero attached hydrogens (tertiary/aromatic N) is 1. The Morgan fingerprint density at radius 3 is 2.61 bits per heavy atom. The monoisotopic (exact) mass is 380 g/mol. The van der Waals surface area contributed by atoms with Gasteiger partial charge in [0.1, 0.15) is 19.3 Å². The van der Waals surface area contributed by atoms with E-state index < -0.39 is 6.04 Å². The second-order valence-electron chi connectivity index (χ2n) is 7.10. The predicted molar refractivity (Wildman–Crippen MR) is 104 cm³/mol. The Bertz CT molecular complexity index is 853. The number of rotatable bonds is 5. The molecule has 0 bridgehead atoms. The van der Waals surface area contributed by atoms with Crippen LogP contribution in [0, 0.1) is 0 Å². The molecule has 1 N–H and O–H groups in total. The highest BCUT2D eigenvalue weighted by Crippen LogP contribution is 2.30. The van der Waals surface area contributed by atoms with Gasteiger partial charge in [-0.25, -0.2) is 0 Å². The molecule has 1 atom stereocenters. The first-order valence-electron chi connectivity index (χ1n) is 9.70. The maximum atomic E-state index is 12.7. The van der Waals surface area contributed by atoms with E-state index in [1.165, 1.54) is 0 Å². The molecule has 0 saturated carbocycles. The molecule has 0 aliphatic carbocycles. The fraction of sp³-hybridized carbons (Fsp3) is 0.364. The molecule has 2 aromatic carbocycles. The summed E-state index contributed by atoms with van der Waals surface area (Å²) in [6, 6.07) is 14.9. The molecule has 2 amide bonds. The van der Waals surface area contributed by atoms with E-state index in [1.54, 1.807) is 4.90 Å². The number of hydrogen-bond donors (Lipinski definition) is 1. The van der Waals surface area contributed by atoms with Gasteiger partial charge in [-0.05, 0) is 36.1 Å². The van der Waals surface area contributed by atoms with Crippen molar-refractivity contribution in [3.63, 3.8) is 0 Å². The van der Waals surface area contributed by atoms with Crippen LogP contribution in [0.3, 0.4) is 0 Å². The van der Waals surface area contributed by atoms with Crippen LogP contribution in [0.1, 0.15) is 24.0 Å². The van der Waals surface area contributed by atoms with Crippen molar-refractivity contribution in [2.75, 3.05) is 19.8 Å². The van der Waals surface area contributed by atoms with Gasteiger partial charge in [-0.2, -0.15) is 0 Å². The number of fused-ring (bicyclic) bond motifs is 1. The molecule has 2 heterocycles. The lowest BCUT2D eigenvalue weighted by Crippen LogP contribution is -2.46. The quantitative estimate of drug-likeness (QED) is 0.864. The van der Waals surface area contributed by atoms with Crippen LogP contribution in [0.5, 0.6) is 11.5 Å². The highest BCUT2D eigenvalue weighted by atomic mass is 16.6. The van der Waals surface area contributed by atoms with Crippen LogP contribution in [-0.4, -0.2) is 42.5 Å². The summed E-state index contributed by atoms with van der Waals surface area (Å²) >= 11 is 0. The number of benzene rings is 2. The van der Waals surface area contributed by atoms with Crippen LogP contribution >= 0.6 is 0 Å². The topological polar surface area (TPSA) is 67.9 Å². The molecule has 28 heavy (non-hydrogen) atoms.